The van der Waals surface area contributed by atoms with Gasteiger partial charge in [-0.1, -0.05) is 6.07 Å². The lowest BCUT2D eigenvalue weighted by molar-refractivity contribution is 0.827. The monoisotopic (exact) mass is 201 g/mol. The molecule has 0 aromatic heterocycles. The van der Waals surface area contributed by atoms with Crippen LogP contribution >= 0.6 is 0 Å². The Hall–Kier alpha value is -1.69. The standard InChI is InChI=1S/C12H15N3/c1-2-15(10-6-7-10)11-5-3-4-9(8-13)12(11)14/h3-5,10H,2,6-7,14H2,1H3. The molecule has 0 bridgehead atoms. The van der Waals surface area contributed by atoms with E-state index in [-0.39, 0.29) is 0 Å². The Kier molecular flexibility index (Phi) is 2.51. The topological polar surface area (TPSA) is 53.0 Å². The highest BCUT2D eigenvalue weighted by atomic mass is 15.2. The van der Waals surface area contributed by atoms with E-state index in [2.05, 4.69) is 17.9 Å². The minimum atomic E-state index is 0.576. The molecule has 0 aliphatic heterocycles. The van der Waals surface area contributed by atoms with Crippen molar-refractivity contribution in [3.63, 3.8) is 0 Å². The molecule has 1 fully saturated rings. The van der Waals surface area contributed by atoms with E-state index in [1.165, 1.54) is 12.8 Å². The van der Waals surface area contributed by atoms with Gasteiger partial charge in [-0.05, 0) is 31.9 Å². The predicted octanol–water partition coefficient (Wildman–Crippen LogP) is 2.13. The molecule has 0 atom stereocenters. The second-order valence-electron chi connectivity index (χ2n) is 3.87. The first kappa shape index (κ1) is 9.85. The summed E-state index contributed by atoms with van der Waals surface area (Å²) in [5.74, 6) is 0. The summed E-state index contributed by atoms with van der Waals surface area (Å²) in [5, 5.41) is 8.90. The minimum absolute atomic E-state index is 0.576. The zero-order chi connectivity index (χ0) is 10.8. The van der Waals surface area contributed by atoms with E-state index in [0.29, 0.717) is 17.3 Å². The number of hydrogen-bond acceptors (Lipinski definition) is 3. The van der Waals surface area contributed by atoms with Gasteiger partial charge in [0, 0.05) is 12.6 Å². The summed E-state index contributed by atoms with van der Waals surface area (Å²) in [6, 6.07) is 8.41. The van der Waals surface area contributed by atoms with Gasteiger partial charge in [0.25, 0.3) is 0 Å². The zero-order valence-electron chi connectivity index (χ0n) is 8.90. The first-order valence-corrected chi connectivity index (χ1v) is 5.33. The second-order valence-corrected chi connectivity index (χ2v) is 3.87. The third-order valence-corrected chi connectivity index (χ3v) is 2.84. The third kappa shape index (κ3) is 1.75. The summed E-state index contributed by atoms with van der Waals surface area (Å²) in [6.45, 7) is 3.07. The molecule has 0 saturated heterocycles. The Labute approximate surface area is 90.1 Å². The van der Waals surface area contributed by atoms with Crippen molar-refractivity contribution in [2.75, 3.05) is 17.2 Å². The number of hydrogen-bond donors (Lipinski definition) is 1. The molecule has 78 valence electrons. The highest BCUT2D eigenvalue weighted by Crippen LogP contribution is 2.35. The van der Waals surface area contributed by atoms with Gasteiger partial charge in [-0.3, -0.25) is 0 Å². The number of nitrogen functional groups attached to an aromatic ring is 1. The average molecular weight is 201 g/mol. The van der Waals surface area contributed by atoms with Gasteiger partial charge >= 0.3 is 0 Å². The lowest BCUT2D eigenvalue weighted by Gasteiger charge is -2.24. The Morgan fingerprint density at radius 2 is 2.27 bits per heavy atom. The summed E-state index contributed by atoms with van der Waals surface area (Å²) in [6.07, 6.45) is 2.48. The summed E-state index contributed by atoms with van der Waals surface area (Å²) in [7, 11) is 0. The highest BCUT2D eigenvalue weighted by molar-refractivity contribution is 5.74. The maximum atomic E-state index is 8.90. The normalized spacial score (nSPS) is 14.7. The number of nitrogens with two attached hydrogens (primary N) is 1. The summed E-state index contributed by atoms with van der Waals surface area (Å²) < 4.78 is 0. The first-order valence-electron chi connectivity index (χ1n) is 5.33. The molecule has 0 spiro atoms. The maximum Gasteiger partial charge on any atom is 0.101 e. The maximum absolute atomic E-state index is 8.90. The van der Waals surface area contributed by atoms with Crippen molar-refractivity contribution in [3.8, 4) is 6.07 Å². The third-order valence-electron chi connectivity index (χ3n) is 2.84. The fourth-order valence-corrected chi connectivity index (χ4v) is 1.91. The van der Waals surface area contributed by atoms with Gasteiger partial charge in [0.1, 0.15) is 6.07 Å². The Morgan fingerprint density at radius 3 is 2.80 bits per heavy atom. The van der Waals surface area contributed by atoms with Crippen molar-refractivity contribution in [1.29, 1.82) is 5.26 Å². The van der Waals surface area contributed by atoms with Crippen LogP contribution in [0, 0.1) is 11.3 Å². The fourth-order valence-electron chi connectivity index (χ4n) is 1.91. The van der Waals surface area contributed by atoms with Crippen LogP contribution in [-0.4, -0.2) is 12.6 Å². The van der Waals surface area contributed by atoms with Crippen LogP contribution in [0.3, 0.4) is 0 Å². The lowest BCUT2D eigenvalue weighted by atomic mass is 10.1. The molecule has 0 heterocycles. The van der Waals surface area contributed by atoms with Gasteiger partial charge in [-0.25, -0.2) is 0 Å². The van der Waals surface area contributed by atoms with E-state index in [9.17, 15) is 0 Å². The predicted molar refractivity (Wildman–Crippen MR) is 61.6 cm³/mol. The first-order chi connectivity index (χ1) is 7.27. The van der Waals surface area contributed by atoms with Crippen LogP contribution in [0.25, 0.3) is 0 Å². The van der Waals surface area contributed by atoms with Crippen LogP contribution in [-0.2, 0) is 0 Å². The summed E-state index contributed by atoms with van der Waals surface area (Å²) in [5.41, 5.74) is 8.18. The molecule has 1 saturated carbocycles. The zero-order valence-corrected chi connectivity index (χ0v) is 8.90. The molecular formula is C12H15N3. The Balaban J connectivity index is 2.38. The number of nitrogens with zero attached hydrogens (tertiary/aromatic N) is 2. The quantitative estimate of drug-likeness (QED) is 0.762. The number of nitriles is 1. The van der Waals surface area contributed by atoms with Crippen molar-refractivity contribution < 1.29 is 0 Å². The molecule has 15 heavy (non-hydrogen) atoms. The second kappa shape index (κ2) is 3.82. The van der Waals surface area contributed by atoms with Crippen molar-refractivity contribution in [2.24, 2.45) is 0 Å². The molecule has 0 unspecified atom stereocenters. The van der Waals surface area contributed by atoms with E-state index in [1.54, 1.807) is 6.07 Å². The van der Waals surface area contributed by atoms with E-state index in [1.807, 2.05) is 12.1 Å². The summed E-state index contributed by atoms with van der Waals surface area (Å²) in [4.78, 5) is 2.29. The van der Waals surface area contributed by atoms with Gasteiger partial charge in [-0.15, -0.1) is 0 Å². The largest absolute Gasteiger partial charge is 0.396 e. The van der Waals surface area contributed by atoms with Crippen molar-refractivity contribution >= 4 is 11.4 Å². The van der Waals surface area contributed by atoms with E-state index < -0.39 is 0 Å². The number of para-hydroxylation sites is 1. The molecule has 1 aromatic carbocycles. The van der Waals surface area contributed by atoms with E-state index in [0.717, 1.165) is 12.2 Å². The molecule has 2 rings (SSSR count). The Morgan fingerprint density at radius 1 is 1.53 bits per heavy atom. The molecule has 1 aliphatic rings. The van der Waals surface area contributed by atoms with Crippen molar-refractivity contribution in [2.45, 2.75) is 25.8 Å². The fraction of sp³-hybridized carbons (Fsp3) is 0.417. The van der Waals surface area contributed by atoms with Gasteiger partial charge < -0.3 is 10.6 Å². The molecule has 1 aromatic rings. The molecule has 3 heteroatoms. The summed E-state index contributed by atoms with van der Waals surface area (Å²) >= 11 is 0. The smallest absolute Gasteiger partial charge is 0.101 e. The van der Waals surface area contributed by atoms with E-state index in [4.69, 9.17) is 11.0 Å². The molecule has 0 amide bonds. The average Bonchev–Trinajstić information content (AvgIpc) is 3.06. The Bertz CT molecular complexity index is 402. The molecule has 0 radical (unpaired) electrons. The van der Waals surface area contributed by atoms with Crippen molar-refractivity contribution in [1.82, 2.24) is 0 Å². The van der Waals surface area contributed by atoms with Gasteiger partial charge in [0.05, 0.1) is 16.9 Å². The van der Waals surface area contributed by atoms with Crippen LogP contribution < -0.4 is 10.6 Å². The van der Waals surface area contributed by atoms with Crippen molar-refractivity contribution in [3.05, 3.63) is 23.8 Å². The van der Waals surface area contributed by atoms with E-state index >= 15 is 0 Å². The van der Waals surface area contributed by atoms with Crippen LogP contribution in [0.1, 0.15) is 25.3 Å². The van der Waals surface area contributed by atoms with Crippen LogP contribution in [0.4, 0.5) is 11.4 Å². The highest BCUT2D eigenvalue weighted by Gasteiger charge is 2.29. The van der Waals surface area contributed by atoms with Crippen LogP contribution in [0.15, 0.2) is 18.2 Å². The van der Waals surface area contributed by atoms with Gasteiger partial charge in [-0.2, -0.15) is 5.26 Å². The number of anilines is 2. The molecule has 3 nitrogen and oxygen atoms in total. The van der Waals surface area contributed by atoms with Crippen LogP contribution in [0.5, 0.6) is 0 Å². The molecule has 1 aliphatic carbocycles. The van der Waals surface area contributed by atoms with Gasteiger partial charge in [0.15, 0.2) is 0 Å². The van der Waals surface area contributed by atoms with Gasteiger partial charge in [0.2, 0.25) is 0 Å². The SMILES string of the molecule is CCN(c1cccc(C#N)c1N)C1CC1. The number of rotatable bonds is 3. The van der Waals surface area contributed by atoms with Crippen LogP contribution in [0.2, 0.25) is 0 Å². The molecule has 2 N–H and O–H groups in total. The minimum Gasteiger partial charge on any atom is -0.396 e. The lowest BCUT2D eigenvalue weighted by Crippen LogP contribution is -2.26. The molecular weight excluding hydrogens is 186 g/mol. The number of benzene rings is 1.